The first kappa shape index (κ1) is 17.9. The highest BCUT2D eigenvalue weighted by atomic mass is 16.3. The lowest BCUT2D eigenvalue weighted by molar-refractivity contribution is -0.121. The standard InChI is InChI=1S/C21H28N2O2/c1-14-17-9-6-7-11-20(17)22-15(2)18(14)12-21(25)23-19-10-5-3-4-8-16(19)13-24/h6-7,9,11,16,19,24H,3-5,8,10,12-13H2,1-2H3,(H,23,25). The van der Waals surface area contributed by atoms with Crippen molar-refractivity contribution in [3.05, 3.63) is 41.1 Å². The number of carbonyl (C=O) groups excluding carboxylic acids is 1. The number of amides is 1. The summed E-state index contributed by atoms with van der Waals surface area (Å²) in [6.45, 7) is 4.20. The number of nitrogens with one attached hydrogen (secondary N) is 1. The van der Waals surface area contributed by atoms with Gasteiger partial charge in [-0.2, -0.15) is 0 Å². The molecule has 1 aromatic heterocycles. The van der Waals surface area contributed by atoms with Crippen LogP contribution in [-0.4, -0.2) is 28.6 Å². The molecule has 134 valence electrons. The van der Waals surface area contributed by atoms with Gasteiger partial charge in [-0.25, -0.2) is 0 Å². The van der Waals surface area contributed by atoms with E-state index < -0.39 is 0 Å². The van der Waals surface area contributed by atoms with Gasteiger partial charge in [0.05, 0.1) is 11.9 Å². The van der Waals surface area contributed by atoms with Crippen LogP contribution in [0.1, 0.15) is 48.9 Å². The summed E-state index contributed by atoms with van der Waals surface area (Å²) in [7, 11) is 0. The smallest absolute Gasteiger partial charge is 0.224 e. The molecule has 1 fully saturated rings. The summed E-state index contributed by atoms with van der Waals surface area (Å²) in [5.74, 6) is 0.219. The highest BCUT2D eigenvalue weighted by Gasteiger charge is 2.25. The molecule has 2 aromatic rings. The van der Waals surface area contributed by atoms with Crippen LogP contribution >= 0.6 is 0 Å². The van der Waals surface area contributed by atoms with E-state index in [0.29, 0.717) is 6.42 Å². The molecule has 2 atom stereocenters. The second-order valence-corrected chi connectivity index (χ2v) is 7.25. The van der Waals surface area contributed by atoms with Gasteiger partial charge in [-0.05, 0) is 43.9 Å². The Morgan fingerprint density at radius 3 is 2.76 bits per heavy atom. The molecule has 4 heteroatoms. The Bertz CT molecular complexity index is 757. The molecule has 1 aromatic carbocycles. The minimum atomic E-state index is 0.0358. The lowest BCUT2D eigenvalue weighted by Gasteiger charge is -2.25. The number of para-hydroxylation sites is 1. The van der Waals surface area contributed by atoms with Crippen molar-refractivity contribution in [1.82, 2.24) is 10.3 Å². The number of aromatic nitrogens is 1. The van der Waals surface area contributed by atoms with Crippen molar-refractivity contribution < 1.29 is 9.90 Å². The fraction of sp³-hybridized carbons (Fsp3) is 0.524. The molecular weight excluding hydrogens is 312 g/mol. The summed E-state index contributed by atoms with van der Waals surface area (Å²) in [5, 5.41) is 13.9. The van der Waals surface area contributed by atoms with Gasteiger partial charge in [0.2, 0.25) is 5.91 Å². The molecule has 1 amide bonds. The molecule has 0 saturated heterocycles. The second-order valence-electron chi connectivity index (χ2n) is 7.25. The molecule has 4 nitrogen and oxygen atoms in total. The fourth-order valence-corrected chi connectivity index (χ4v) is 4.04. The summed E-state index contributed by atoms with van der Waals surface area (Å²) in [4.78, 5) is 17.3. The molecule has 0 radical (unpaired) electrons. The highest BCUT2D eigenvalue weighted by molar-refractivity contribution is 5.86. The zero-order chi connectivity index (χ0) is 17.8. The maximum atomic E-state index is 12.7. The zero-order valence-corrected chi connectivity index (χ0v) is 15.2. The van der Waals surface area contributed by atoms with Crippen molar-refractivity contribution in [3.8, 4) is 0 Å². The minimum absolute atomic E-state index is 0.0358. The Kier molecular flexibility index (Phi) is 5.69. The van der Waals surface area contributed by atoms with Crippen LogP contribution in [0.2, 0.25) is 0 Å². The van der Waals surface area contributed by atoms with Crippen LogP contribution in [0.4, 0.5) is 0 Å². The van der Waals surface area contributed by atoms with Gasteiger partial charge in [0.1, 0.15) is 0 Å². The molecule has 2 unspecified atom stereocenters. The lowest BCUT2D eigenvalue weighted by atomic mass is 9.94. The fourth-order valence-electron chi connectivity index (χ4n) is 4.04. The second kappa shape index (κ2) is 7.96. The summed E-state index contributed by atoms with van der Waals surface area (Å²) >= 11 is 0. The molecule has 1 aliphatic carbocycles. The maximum absolute atomic E-state index is 12.7. The first-order chi connectivity index (χ1) is 12.1. The van der Waals surface area contributed by atoms with E-state index in [9.17, 15) is 9.90 Å². The van der Waals surface area contributed by atoms with Gasteiger partial charge in [-0.1, -0.05) is 37.5 Å². The number of carbonyl (C=O) groups is 1. The van der Waals surface area contributed by atoms with E-state index in [4.69, 9.17) is 0 Å². The molecule has 2 N–H and O–H groups in total. The number of pyridine rings is 1. The van der Waals surface area contributed by atoms with E-state index in [2.05, 4.69) is 23.3 Å². The Labute approximate surface area is 149 Å². The van der Waals surface area contributed by atoms with E-state index in [-0.39, 0.29) is 24.5 Å². The van der Waals surface area contributed by atoms with Gasteiger partial charge >= 0.3 is 0 Å². The van der Waals surface area contributed by atoms with Crippen LogP contribution in [0.3, 0.4) is 0 Å². The van der Waals surface area contributed by atoms with Crippen LogP contribution in [-0.2, 0) is 11.2 Å². The molecule has 3 rings (SSSR count). The first-order valence-electron chi connectivity index (χ1n) is 9.35. The molecule has 25 heavy (non-hydrogen) atoms. The topological polar surface area (TPSA) is 62.2 Å². The highest BCUT2D eigenvalue weighted by Crippen LogP contribution is 2.25. The summed E-state index contributed by atoms with van der Waals surface area (Å²) < 4.78 is 0. The summed E-state index contributed by atoms with van der Waals surface area (Å²) in [5.41, 5.74) is 4.06. The Morgan fingerprint density at radius 1 is 1.20 bits per heavy atom. The van der Waals surface area contributed by atoms with Gasteiger partial charge in [-0.15, -0.1) is 0 Å². The number of fused-ring (bicyclic) bond motifs is 1. The first-order valence-corrected chi connectivity index (χ1v) is 9.35. The van der Waals surface area contributed by atoms with Crippen LogP contribution in [0, 0.1) is 19.8 Å². The van der Waals surface area contributed by atoms with Crippen molar-refractivity contribution in [3.63, 3.8) is 0 Å². The van der Waals surface area contributed by atoms with E-state index in [0.717, 1.165) is 53.4 Å². The van der Waals surface area contributed by atoms with Gasteiger partial charge in [0.25, 0.3) is 0 Å². The summed E-state index contributed by atoms with van der Waals surface area (Å²) in [6, 6.07) is 8.16. The Morgan fingerprint density at radius 2 is 1.96 bits per heavy atom. The lowest BCUT2D eigenvalue weighted by Crippen LogP contribution is -2.42. The summed E-state index contributed by atoms with van der Waals surface area (Å²) in [6.07, 6.45) is 5.77. The molecular formula is C21H28N2O2. The zero-order valence-electron chi connectivity index (χ0n) is 15.2. The predicted octanol–water partition coefficient (Wildman–Crippen LogP) is 3.45. The van der Waals surface area contributed by atoms with Crippen molar-refractivity contribution in [2.75, 3.05) is 6.61 Å². The SMILES string of the molecule is Cc1nc2ccccc2c(C)c1CC(=O)NC1CCCCCC1CO. The van der Waals surface area contributed by atoms with Crippen molar-refractivity contribution in [2.45, 2.75) is 58.4 Å². The molecule has 0 bridgehead atoms. The van der Waals surface area contributed by atoms with Crippen LogP contribution in [0.15, 0.2) is 24.3 Å². The molecule has 1 heterocycles. The number of aliphatic hydroxyl groups is 1. The number of aryl methyl sites for hydroxylation is 2. The number of benzene rings is 1. The molecule has 1 saturated carbocycles. The van der Waals surface area contributed by atoms with E-state index in [1.807, 2.05) is 25.1 Å². The van der Waals surface area contributed by atoms with Gasteiger partial charge in [-0.3, -0.25) is 9.78 Å². The van der Waals surface area contributed by atoms with Crippen molar-refractivity contribution in [1.29, 1.82) is 0 Å². The Hall–Kier alpha value is -1.94. The van der Waals surface area contributed by atoms with Crippen LogP contribution < -0.4 is 5.32 Å². The van der Waals surface area contributed by atoms with Crippen LogP contribution in [0.5, 0.6) is 0 Å². The molecule has 0 spiro atoms. The molecule has 1 aliphatic rings. The predicted molar refractivity (Wildman–Crippen MR) is 101 cm³/mol. The van der Waals surface area contributed by atoms with E-state index in [1.165, 1.54) is 6.42 Å². The number of hydrogen-bond donors (Lipinski definition) is 2. The van der Waals surface area contributed by atoms with Crippen molar-refractivity contribution >= 4 is 16.8 Å². The maximum Gasteiger partial charge on any atom is 0.224 e. The number of nitrogens with zero attached hydrogens (tertiary/aromatic N) is 1. The normalized spacial score (nSPS) is 21.1. The molecule has 0 aliphatic heterocycles. The minimum Gasteiger partial charge on any atom is -0.396 e. The van der Waals surface area contributed by atoms with E-state index in [1.54, 1.807) is 0 Å². The third-order valence-corrected chi connectivity index (χ3v) is 5.56. The van der Waals surface area contributed by atoms with Gasteiger partial charge < -0.3 is 10.4 Å². The average molecular weight is 340 g/mol. The third-order valence-electron chi connectivity index (χ3n) is 5.56. The quantitative estimate of drug-likeness (QED) is 0.838. The Balaban J connectivity index is 1.77. The van der Waals surface area contributed by atoms with Crippen LogP contribution in [0.25, 0.3) is 10.9 Å². The van der Waals surface area contributed by atoms with Gasteiger partial charge in [0.15, 0.2) is 0 Å². The number of rotatable bonds is 4. The monoisotopic (exact) mass is 340 g/mol. The third kappa shape index (κ3) is 4.01. The largest absolute Gasteiger partial charge is 0.396 e. The number of aliphatic hydroxyl groups excluding tert-OH is 1. The van der Waals surface area contributed by atoms with Gasteiger partial charge in [0, 0.05) is 29.6 Å². The average Bonchev–Trinajstić information content (AvgIpc) is 2.83. The van der Waals surface area contributed by atoms with Crippen molar-refractivity contribution in [2.24, 2.45) is 5.92 Å². The number of hydrogen-bond acceptors (Lipinski definition) is 3. The van der Waals surface area contributed by atoms with E-state index >= 15 is 0 Å².